The zero-order valence-electron chi connectivity index (χ0n) is 25.9. The van der Waals surface area contributed by atoms with Crippen LogP contribution < -0.4 is 0 Å². The van der Waals surface area contributed by atoms with Gasteiger partial charge >= 0.3 is 23.9 Å². The number of cyclic esters (lactones) is 2. The lowest BCUT2D eigenvalue weighted by atomic mass is 9.32. The number of esters is 4. The Morgan fingerprint density at radius 3 is 2.15 bits per heavy atom. The van der Waals surface area contributed by atoms with Crippen molar-refractivity contribution >= 4 is 23.9 Å². The molecule has 222 valence electrons. The van der Waals surface area contributed by atoms with Crippen LogP contribution in [0.15, 0.2) is 11.1 Å². The van der Waals surface area contributed by atoms with Gasteiger partial charge in [-0.2, -0.15) is 0 Å². The van der Waals surface area contributed by atoms with Gasteiger partial charge in [0, 0.05) is 17.9 Å². The Bertz CT molecular complexity index is 1180. The number of ether oxygens (including phenoxy) is 3. The van der Waals surface area contributed by atoms with Crippen molar-refractivity contribution in [2.75, 3.05) is 7.11 Å². The SMILES string of the molecule is COC(=O)[C@@]12CC[C@]3(C)[C@H](CC[C@@H]4[C@@]5(C)CC[C@H](OC(C)=O)C(C)(C)[C@@H]5CC[C@]43C)C1=C(C(C)C)C(=O)OC2=O. The normalized spacial score (nSPS) is 44.0. The van der Waals surface area contributed by atoms with Gasteiger partial charge in [-0.3, -0.25) is 9.59 Å². The predicted octanol–water partition coefficient (Wildman–Crippen LogP) is 6.18. The van der Waals surface area contributed by atoms with Crippen LogP contribution in [0.3, 0.4) is 0 Å². The van der Waals surface area contributed by atoms with E-state index in [1.807, 2.05) is 13.8 Å². The van der Waals surface area contributed by atoms with Gasteiger partial charge in [0.15, 0.2) is 5.41 Å². The number of carbonyl (C=O) groups excluding carboxylic acids is 4. The van der Waals surface area contributed by atoms with Crippen molar-refractivity contribution in [2.24, 2.45) is 50.7 Å². The van der Waals surface area contributed by atoms with E-state index < -0.39 is 23.3 Å². The number of methoxy groups -OCH3 is 1. The molecule has 0 unspecified atom stereocenters. The lowest BCUT2D eigenvalue weighted by Crippen LogP contribution is -2.67. The molecule has 40 heavy (non-hydrogen) atoms. The molecule has 0 radical (unpaired) electrons. The summed E-state index contributed by atoms with van der Waals surface area (Å²) in [5.74, 6) is -1.58. The Labute approximate surface area is 239 Å². The van der Waals surface area contributed by atoms with E-state index >= 15 is 0 Å². The van der Waals surface area contributed by atoms with Crippen LogP contribution in [0.4, 0.5) is 0 Å². The molecule has 5 rings (SSSR count). The molecule has 0 saturated heterocycles. The molecule has 7 heteroatoms. The minimum Gasteiger partial charge on any atom is -0.468 e. The lowest BCUT2D eigenvalue weighted by molar-refractivity contribution is -0.234. The molecule has 4 fully saturated rings. The fourth-order valence-electron chi connectivity index (χ4n) is 11.1. The fourth-order valence-corrected chi connectivity index (χ4v) is 11.1. The van der Waals surface area contributed by atoms with E-state index in [0.29, 0.717) is 35.8 Å². The van der Waals surface area contributed by atoms with Gasteiger partial charge in [-0.25, -0.2) is 9.59 Å². The van der Waals surface area contributed by atoms with E-state index in [4.69, 9.17) is 14.2 Å². The number of carbonyl (C=O) groups is 4. The first-order valence-electron chi connectivity index (χ1n) is 15.3. The van der Waals surface area contributed by atoms with E-state index in [9.17, 15) is 19.2 Å². The van der Waals surface area contributed by atoms with Gasteiger partial charge in [0.1, 0.15) is 6.10 Å². The van der Waals surface area contributed by atoms with Crippen molar-refractivity contribution in [3.63, 3.8) is 0 Å². The molecule has 1 aliphatic heterocycles. The second-order valence-electron chi connectivity index (χ2n) is 15.1. The van der Waals surface area contributed by atoms with Crippen LogP contribution in [0, 0.1) is 50.7 Å². The summed E-state index contributed by atoms with van der Waals surface area (Å²) in [5, 5.41) is 0. The first-order chi connectivity index (χ1) is 18.5. The topological polar surface area (TPSA) is 96.0 Å². The standard InChI is InChI=1S/C33H48O7/c1-18(2)24-25-20-10-11-22-30(6)14-13-23(39-19(3)34)29(4,5)21(30)12-15-32(22,8)31(20,7)16-17-33(25,27(36)38-9)28(37)40-26(24)35/h18,20-23H,10-17H2,1-9H3/t20-,21+,22-,23+,30+,31-,32-,33-/m1/s1. The van der Waals surface area contributed by atoms with Crippen LogP contribution in [0.5, 0.6) is 0 Å². The van der Waals surface area contributed by atoms with Gasteiger partial charge in [-0.15, -0.1) is 0 Å². The molecule has 4 aliphatic carbocycles. The summed E-state index contributed by atoms with van der Waals surface area (Å²) in [5.41, 5.74) is -0.660. The summed E-state index contributed by atoms with van der Waals surface area (Å²) in [6.45, 7) is 17.2. The quantitative estimate of drug-likeness (QED) is 0.233. The maximum absolute atomic E-state index is 13.5. The number of hydrogen-bond acceptors (Lipinski definition) is 7. The van der Waals surface area contributed by atoms with Crippen molar-refractivity contribution in [3.8, 4) is 0 Å². The third-order valence-corrected chi connectivity index (χ3v) is 13.1. The highest BCUT2D eigenvalue weighted by atomic mass is 16.6. The highest BCUT2D eigenvalue weighted by Crippen LogP contribution is 2.76. The average Bonchev–Trinajstić information content (AvgIpc) is 2.85. The van der Waals surface area contributed by atoms with E-state index in [1.54, 1.807) is 0 Å². The van der Waals surface area contributed by atoms with Crippen LogP contribution in [0.25, 0.3) is 0 Å². The molecule has 0 spiro atoms. The first kappa shape index (κ1) is 29.3. The molecule has 7 nitrogen and oxygen atoms in total. The van der Waals surface area contributed by atoms with E-state index in [1.165, 1.54) is 14.0 Å². The Hall–Kier alpha value is -2.18. The molecule has 0 aromatic rings. The molecule has 4 saturated carbocycles. The summed E-state index contributed by atoms with van der Waals surface area (Å²) in [6, 6.07) is 0. The van der Waals surface area contributed by atoms with Gasteiger partial charge in [-0.1, -0.05) is 48.5 Å². The molecule has 1 heterocycles. The molecule has 0 N–H and O–H groups in total. The molecular formula is C33H48O7. The molecule has 5 aliphatic rings. The summed E-state index contributed by atoms with van der Waals surface area (Å²) in [4.78, 5) is 52.1. The summed E-state index contributed by atoms with van der Waals surface area (Å²) >= 11 is 0. The molecule has 0 bridgehead atoms. The summed E-state index contributed by atoms with van der Waals surface area (Å²) in [7, 11) is 1.31. The zero-order chi connectivity index (χ0) is 29.6. The Morgan fingerprint density at radius 2 is 1.55 bits per heavy atom. The first-order valence-corrected chi connectivity index (χ1v) is 15.3. The number of rotatable bonds is 3. The van der Waals surface area contributed by atoms with Gasteiger partial charge < -0.3 is 14.2 Å². The Balaban J connectivity index is 1.61. The van der Waals surface area contributed by atoms with Crippen LogP contribution in [0.2, 0.25) is 0 Å². The third-order valence-electron chi connectivity index (χ3n) is 13.1. The van der Waals surface area contributed by atoms with Crippen molar-refractivity contribution < 1.29 is 33.4 Å². The molecule has 0 aromatic heterocycles. The van der Waals surface area contributed by atoms with Crippen LogP contribution >= 0.6 is 0 Å². The van der Waals surface area contributed by atoms with Gasteiger partial charge in [0.05, 0.1) is 7.11 Å². The maximum Gasteiger partial charge on any atom is 0.341 e. The Morgan fingerprint density at radius 1 is 0.875 bits per heavy atom. The minimum atomic E-state index is -1.54. The number of fused-ring (bicyclic) bond motifs is 7. The molecule has 0 aromatic carbocycles. The van der Waals surface area contributed by atoms with Crippen LogP contribution in [-0.4, -0.2) is 37.1 Å². The summed E-state index contributed by atoms with van der Waals surface area (Å²) in [6.07, 6.45) is 6.63. The predicted molar refractivity (Wildman–Crippen MR) is 148 cm³/mol. The van der Waals surface area contributed by atoms with E-state index in [2.05, 4.69) is 34.6 Å². The third kappa shape index (κ3) is 3.54. The second-order valence-corrected chi connectivity index (χ2v) is 15.1. The zero-order valence-corrected chi connectivity index (χ0v) is 25.9. The number of hydrogen-bond donors (Lipinski definition) is 0. The van der Waals surface area contributed by atoms with Crippen LogP contribution in [-0.2, 0) is 33.4 Å². The van der Waals surface area contributed by atoms with Crippen LogP contribution in [0.1, 0.15) is 107 Å². The lowest BCUT2D eigenvalue weighted by Gasteiger charge is -2.72. The molecule has 0 amide bonds. The molecule has 8 atom stereocenters. The highest BCUT2D eigenvalue weighted by Gasteiger charge is 2.72. The van der Waals surface area contributed by atoms with E-state index in [-0.39, 0.29) is 45.6 Å². The van der Waals surface area contributed by atoms with Gasteiger partial charge in [0.2, 0.25) is 0 Å². The minimum absolute atomic E-state index is 0.0483. The largest absolute Gasteiger partial charge is 0.468 e. The monoisotopic (exact) mass is 556 g/mol. The van der Waals surface area contributed by atoms with Gasteiger partial charge in [-0.05, 0) is 96.9 Å². The van der Waals surface area contributed by atoms with Crippen molar-refractivity contribution in [1.29, 1.82) is 0 Å². The Kier molecular flexibility index (Phi) is 6.71. The fraction of sp³-hybridized carbons (Fsp3) is 0.818. The summed E-state index contributed by atoms with van der Waals surface area (Å²) < 4.78 is 16.4. The molecular weight excluding hydrogens is 508 g/mol. The smallest absolute Gasteiger partial charge is 0.341 e. The van der Waals surface area contributed by atoms with E-state index in [0.717, 1.165) is 38.5 Å². The van der Waals surface area contributed by atoms with Crippen molar-refractivity contribution in [1.82, 2.24) is 0 Å². The highest BCUT2D eigenvalue weighted by molar-refractivity contribution is 6.13. The maximum atomic E-state index is 13.5. The van der Waals surface area contributed by atoms with Crippen molar-refractivity contribution in [3.05, 3.63) is 11.1 Å². The average molecular weight is 557 g/mol. The second kappa shape index (κ2) is 9.16. The van der Waals surface area contributed by atoms with Gasteiger partial charge in [0.25, 0.3) is 0 Å². The van der Waals surface area contributed by atoms with Crippen molar-refractivity contribution in [2.45, 2.75) is 113 Å².